The van der Waals surface area contributed by atoms with Crippen molar-refractivity contribution in [2.75, 3.05) is 24.4 Å². The molecular weight excluding hydrogens is 602 g/mol. The minimum absolute atomic E-state index is 0.143. The molecule has 1 aromatic heterocycles. The molecule has 2 N–H and O–H groups in total. The van der Waals surface area contributed by atoms with Crippen molar-refractivity contribution in [2.24, 2.45) is 0 Å². The van der Waals surface area contributed by atoms with Crippen LogP contribution in [0.15, 0.2) is 85.1 Å². The second kappa shape index (κ2) is 14.9. The van der Waals surface area contributed by atoms with E-state index in [9.17, 15) is 23.3 Å². The fourth-order valence-corrected chi connectivity index (χ4v) is 6.86. The van der Waals surface area contributed by atoms with E-state index in [2.05, 4.69) is 21.1 Å². The number of hydrogen-bond donors (Lipinski definition) is 2. The summed E-state index contributed by atoms with van der Waals surface area (Å²) < 4.78 is 36.5. The molecule has 0 spiro atoms. The fourth-order valence-electron chi connectivity index (χ4n) is 5.48. The Bertz CT molecular complexity index is 1810. The highest BCUT2D eigenvalue weighted by atomic mass is 32.2. The molecular formula is C35H37N5O5S. The molecule has 1 saturated heterocycles. The number of nitrogens with one attached hydrogen (secondary N) is 2. The van der Waals surface area contributed by atoms with Gasteiger partial charge in [-0.2, -0.15) is 5.26 Å². The first-order valence-corrected chi connectivity index (χ1v) is 17.0. The van der Waals surface area contributed by atoms with Crippen molar-refractivity contribution in [3.05, 3.63) is 102 Å². The second-order valence-corrected chi connectivity index (χ2v) is 13.2. The quantitative estimate of drug-likeness (QED) is 0.218. The van der Waals surface area contributed by atoms with Crippen molar-refractivity contribution in [3.8, 4) is 11.8 Å². The van der Waals surface area contributed by atoms with Crippen LogP contribution in [0.2, 0.25) is 0 Å². The van der Waals surface area contributed by atoms with Crippen LogP contribution in [0.5, 0.6) is 5.75 Å². The van der Waals surface area contributed by atoms with Crippen molar-refractivity contribution < 1.29 is 22.7 Å². The standard InChI is InChI=1S/C35H37N5O5S/c1-2-21-45-29-16-14-26(15-17-29)23-32(46(43,44)39-30-9-5-7-28-8-6-18-37-33(28)30)34(41)38-31(35(42)40-19-3-4-20-40)22-25-10-12-27(24-36)13-11-25/h5-18,31-32,39H,2-4,19-23H2,1H3,(H,38,41). The molecule has 46 heavy (non-hydrogen) atoms. The van der Waals surface area contributed by atoms with Crippen LogP contribution in [0.25, 0.3) is 10.9 Å². The van der Waals surface area contributed by atoms with Crippen molar-refractivity contribution in [1.29, 1.82) is 5.26 Å². The van der Waals surface area contributed by atoms with Gasteiger partial charge in [0.05, 0.1) is 29.4 Å². The molecule has 1 fully saturated rings. The van der Waals surface area contributed by atoms with Gasteiger partial charge in [-0.3, -0.25) is 19.3 Å². The lowest BCUT2D eigenvalue weighted by atomic mass is 10.0. The van der Waals surface area contributed by atoms with Gasteiger partial charge in [-0.05, 0) is 73.2 Å². The molecule has 0 saturated carbocycles. The molecule has 1 aliphatic heterocycles. The van der Waals surface area contributed by atoms with Gasteiger partial charge in [0.1, 0.15) is 11.8 Å². The maximum atomic E-state index is 14.1. The van der Waals surface area contributed by atoms with Gasteiger partial charge in [0.15, 0.2) is 5.25 Å². The van der Waals surface area contributed by atoms with Crippen LogP contribution in [-0.2, 0) is 32.5 Å². The Hall–Kier alpha value is -4.95. The van der Waals surface area contributed by atoms with E-state index >= 15 is 0 Å². The summed E-state index contributed by atoms with van der Waals surface area (Å²) in [7, 11) is -4.36. The number of pyridine rings is 1. The van der Waals surface area contributed by atoms with E-state index in [1.165, 1.54) is 0 Å². The third-order valence-electron chi connectivity index (χ3n) is 7.92. The van der Waals surface area contributed by atoms with Crippen LogP contribution in [-0.4, -0.2) is 61.1 Å². The Labute approximate surface area is 269 Å². The highest BCUT2D eigenvalue weighted by Gasteiger charge is 2.37. The molecule has 2 heterocycles. The number of benzene rings is 3. The monoisotopic (exact) mass is 639 g/mol. The maximum Gasteiger partial charge on any atom is 0.245 e. The molecule has 1 aliphatic rings. The predicted molar refractivity (Wildman–Crippen MR) is 177 cm³/mol. The number of carbonyl (C=O) groups excluding carboxylic acids is 2. The predicted octanol–water partition coefficient (Wildman–Crippen LogP) is 4.60. The van der Waals surface area contributed by atoms with Crippen LogP contribution in [0.4, 0.5) is 5.69 Å². The van der Waals surface area contributed by atoms with Crippen molar-refractivity contribution in [2.45, 2.75) is 50.3 Å². The minimum Gasteiger partial charge on any atom is -0.494 e. The zero-order chi connectivity index (χ0) is 32.5. The molecule has 2 unspecified atom stereocenters. The van der Waals surface area contributed by atoms with E-state index < -0.39 is 27.2 Å². The zero-order valence-electron chi connectivity index (χ0n) is 25.7. The number of nitriles is 1. The normalized spacial score (nSPS) is 14.3. The molecule has 5 rings (SSSR count). The number of nitrogens with zero attached hydrogens (tertiary/aromatic N) is 3. The van der Waals surface area contributed by atoms with Gasteiger partial charge in [-0.15, -0.1) is 0 Å². The van der Waals surface area contributed by atoms with Gasteiger partial charge in [-0.1, -0.05) is 49.4 Å². The smallest absolute Gasteiger partial charge is 0.245 e. The van der Waals surface area contributed by atoms with Gasteiger partial charge < -0.3 is 15.0 Å². The zero-order valence-corrected chi connectivity index (χ0v) is 26.5. The first-order valence-electron chi connectivity index (χ1n) is 15.4. The lowest BCUT2D eigenvalue weighted by Crippen LogP contribution is -2.53. The van der Waals surface area contributed by atoms with Gasteiger partial charge in [0.25, 0.3) is 0 Å². The number of sulfonamides is 1. The number of likely N-dealkylation sites (tertiary alicyclic amines) is 1. The van der Waals surface area contributed by atoms with Gasteiger partial charge >= 0.3 is 0 Å². The van der Waals surface area contributed by atoms with Crippen molar-refractivity contribution >= 4 is 38.4 Å². The number of fused-ring (bicyclic) bond motifs is 1. The average molecular weight is 640 g/mol. The topological polar surface area (TPSA) is 141 Å². The van der Waals surface area contributed by atoms with Crippen LogP contribution in [0.1, 0.15) is 42.9 Å². The molecule has 238 valence electrons. The first-order chi connectivity index (χ1) is 22.3. The lowest BCUT2D eigenvalue weighted by Gasteiger charge is -2.26. The first kappa shape index (κ1) is 32.4. The SMILES string of the molecule is CCCOc1ccc(CC(C(=O)NC(Cc2ccc(C#N)cc2)C(=O)N2CCCC2)S(=O)(=O)Nc2cccc3cccnc23)cc1. The van der Waals surface area contributed by atoms with Gasteiger partial charge in [-0.25, -0.2) is 8.42 Å². The summed E-state index contributed by atoms with van der Waals surface area (Å²) in [6.45, 7) is 3.70. The Morgan fingerprint density at radius 1 is 0.957 bits per heavy atom. The summed E-state index contributed by atoms with van der Waals surface area (Å²) in [6.07, 6.45) is 4.14. The Balaban J connectivity index is 1.46. The number of aromatic nitrogens is 1. The second-order valence-electron chi connectivity index (χ2n) is 11.3. The molecule has 10 nitrogen and oxygen atoms in total. The average Bonchev–Trinajstić information content (AvgIpc) is 3.62. The number of hydrogen-bond acceptors (Lipinski definition) is 7. The van der Waals surface area contributed by atoms with Gasteiger partial charge in [0, 0.05) is 31.1 Å². The van der Waals surface area contributed by atoms with Crippen molar-refractivity contribution in [1.82, 2.24) is 15.2 Å². The summed E-state index contributed by atoms with van der Waals surface area (Å²) in [5, 5.41) is 11.2. The maximum absolute atomic E-state index is 14.1. The number of rotatable bonds is 13. The number of ether oxygens (including phenoxy) is 1. The largest absolute Gasteiger partial charge is 0.494 e. The Morgan fingerprint density at radius 2 is 1.63 bits per heavy atom. The lowest BCUT2D eigenvalue weighted by molar-refractivity contribution is -0.135. The highest BCUT2D eigenvalue weighted by molar-refractivity contribution is 7.94. The number of para-hydroxylation sites is 1. The van der Waals surface area contributed by atoms with E-state index in [1.807, 2.05) is 19.1 Å². The van der Waals surface area contributed by atoms with Gasteiger partial charge in [0.2, 0.25) is 21.8 Å². The van der Waals surface area contributed by atoms with Crippen LogP contribution in [0, 0.1) is 11.3 Å². The molecule has 2 atom stereocenters. The van der Waals surface area contributed by atoms with Crippen LogP contribution >= 0.6 is 0 Å². The molecule has 0 radical (unpaired) electrons. The summed E-state index contributed by atoms with van der Waals surface area (Å²) in [4.78, 5) is 33.8. The van der Waals surface area contributed by atoms with E-state index in [0.29, 0.717) is 42.1 Å². The molecule has 0 aliphatic carbocycles. The summed E-state index contributed by atoms with van der Waals surface area (Å²) in [5.41, 5.74) is 2.52. The fraction of sp³-hybridized carbons (Fsp3) is 0.314. The number of anilines is 1. The van der Waals surface area contributed by atoms with Crippen LogP contribution < -0.4 is 14.8 Å². The van der Waals surface area contributed by atoms with E-state index in [1.54, 1.807) is 77.8 Å². The molecule has 11 heteroatoms. The summed E-state index contributed by atoms with van der Waals surface area (Å²) >= 11 is 0. The van der Waals surface area contributed by atoms with E-state index in [-0.39, 0.29) is 24.4 Å². The summed E-state index contributed by atoms with van der Waals surface area (Å²) in [5.74, 6) is -0.415. The molecule has 3 aromatic carbocycles. The Morgan fingerprint density at radius 3 is 2.33 bits per heavy atom. The number of carbonyl (C=O) groups is 2. The molecule has 4 aromatic rings. The van der Waals surface area contributed by atoms with E-state index in [4.69, 9.17) is 4.74 Å². The summed E-state index contributed by atoms with van der Waals surface area (Å²) in [6, 6.07) is 23.6. The highest BCUT2D eigenvalue weighted by Crippen LogP contribution is 2.25. The third kappa shape index (κ3) is 8.00. The molecule has 2 amide bonds. The third-order valence-corrected chi connectivity index (χ3v) is 9.56. The van der Waals surface area contributed by atoms with Crippen molar-refractivity contribution in [3.63, 3.8) is 0 Å². The molecule has 0 bridgehead atoms. The minimum atomic E-state index is -4.36. The van der Waals surface area contributed by atoms with E-state index in [0.717, 1.165) is 30.2 Å². The van der Waals surface area contributed by atoms with Crippen LogP contribution in [0.3, 0.4) is 0 Å². The number of amides is 2. The Kier molecular flexibility index (Phi) is 10.5.